The van der Waals surface area contributed by atoms with Gasteiger partial charge in [-0.15, -0.1) is 0 Å². The monoisotopic (exact) mass is 164 g/mol. The van der Waals surface area contributed by atoms with E-state index in [1.54, 1.807) is 12.2 Å². The normalized spacial score (nSPS) is 12.4. The van der Waals surface area contributed by atoms with Crippen LogP contribution < -0.4 is 0 Å². The van der Waals surface area contributed by atoms with Crippen molar-refractivity contribution in [2.24, 2.45) is 0 Å². The molecular formula is C10H12O2. The van der Waals surface area contributed by atoms with Crippen LogP contribution in [0.15, 0.2) is 48.8 Å². The summed E-state index contributed by atoms with van der Waals surface area (Å²) < 4.78 is 4.31. The molecule has 0 aliphatic carbocycles. The summed E-state index contributed by atoms with van der Waals surface area (Å²) >= 11 is 0. The number of ether oxygens (including phenoxy) is 1. The van der Waals surface area contributed by atoms with Crippen molar-refractivity contribution in [3.05, 3.63) is 48.8 Å². The first-order valence-corrected chi connectivity index (χ1v) is 3.62. The second-order valence-corrected chi connectivity index (χ2v) is 1.86. The molecule has 64 valence electrons. The van der Waals surface area contributed by atoms with Gasteiger partial charge in [0.05, 0.1) is 6.26 Å². The third-order valence-electron chi connectivity index (χ3n) is 0.961. The van der Waals surface area contributed by atoms with E-state index in [1.165, 1.54) is 6.26 Å². The molecule has 0 radical (unpaired) electrons. The molecule has 0 bridgehead atoms. The first-order chi connectivity index (χ1) is 5.91. The van der Waals surface area contributed by atoms with Crippen LogP contribution in [-0.4, -0.2) is 6.47 Å². The summed E-state index contributed by atoms with van der Waals surface area (Å²) in [6.07, 6.45) is 14.2. The highest BCUT2D eigenvalue weighted by molar-refractivity contribution is 5.38. The summed E-state index contributed by atoms with van der Waals surface area (Å²) in [5.74, 6) is 0. The van der Waals surface area contributed by atoms with Crippen molar-refractivity contribution < 1.29 is 9.53 Å². The standard InChI is InChI=1S/C10H12O2/c1-2-3-4-5-6-7-8-9-12-10-11/h2-10H,1H3/b3-2-,5-4+,7-6-,9-8+. The van der Waals surface area contributed by atoms with Gasteiger partial charge in [0.1, 0.15) is 0 Å². The van der Waals surface area contributed by atoms with Crippen LogP contribution in [0.2, 0.25) is 0 Å². The van der Waals surface area contributed by atoms with Crippen LogP contribution in [0.4, 0.5) is 0 Å². The molecule has 2 heteroatoms. The Labute approximate surface area is 72.5 Å². The van der Waals surface area contributed by atoms with Crippen molar-refractivity contribution in [2.45, 2.75) is 6.92 Å². The number of carbonyl (C=O) groups excluding carboxylic acids is 1. The van der Waals surface area contributed by atoms with Gasteiger partial charge in [-0.05, 0) is 13.0 Å². The molecule has 0 fully saturated rings. The van der Waals surface area contributed by atoms with Crippen LogP contribution in [0, 0.1) is 0 Å². The Kier molecular flexibility index (Phi) is 8.20. The molecule has 2 nitrogen and oxygen atoms in total. The van der Waals surface area contributed by atoms with Crippen LogP contribution in [0.25, 0.3) is 0 Å². The molecule has 0 N–H and O–H groups in total. The Morgan fingerprint density at radius 2 is 1.50 bits per heavy atom. The van der Waals surface area contributed by atoms with E-state index in [1.807, 2.05) is 37.3 Å². The predicted molar refractivity (Wildman–Crippen MR) is 49.4 cm³/mol. The minimum atomic E-state index is 0.375. The lowest BCUT2D eigenvalue weighted by Gasteiger charge is -1.78. The zero-order chi connectivity index (χ0) is 9.07. The highest BCUT2D eigenvalue weighted by Crippen LogP contribution is 1.81. The summed E-state index contributed by atoms with van der Waals surface area (Å²) in [7, 11) is 0. The largest absolute Gasteiger partial charge is 0.437 e. The first-order valence-electron chi connectivity index (χ1n) is 3.62. The van der Waals surface area contributed by atoms with Crippen LogP contribution >= 0.6 is 0 Å². The third kappa shape index (κ3) is 8.43. The third-order valence-corrected chi connectivity index (χ3v) is 0.961. The van der Waals surface area contributed by atoms with Crippen LogP contribution in [0.1, 0.15) is 6.92 Å². The van der Waals surface area contributed by atoms with E-state index >= 15 is 0 Å². The van der Waals surface area contributed by atoms with Crippen molar-refractivity contribution in [2.75, 3.05) is 0 Å². The number of hydrogen-bond donors (Lipinski definition) is 0. The van der Waals surface area contributed by atoms with Gasteiger partial charge in [0.15, 0.2) is 0 Å². The average Bonchev–Trinajstić information content (AvgIpc) is 2.10. The van der Waals surface area contributed by atoms with Gasteiger partial charge in [-0.25, -0.2) is 0 Å². The van der Waals surface area contributed by atoms with Crippen LogP contribution in [0.3, 0.4) is 0 Å². The molecule has 0 amide bonds. The lowest BCUT2D eigenvalue weighted by Crippen LogP contribution is -1.69. The molecule has 0 aromatic carbocycles. The fourth-order valence-corrected chi connectivity index (χ4v) is 0.491. The highest BCUT2D eigenvalue weighted by atomic mass is 16.5. The quantitative estimate of drug-likeness (QED) is 0.354. The summed E-state index contributed by atoms with van der Waals surface area (Å²) in [5.41, 5.74) is 0. The summed E-state index contributed by atoms with van der Waals surface area (Å²) in [6.45, 7) is 2.33. The molecule has 0 aromatic rings. The summed E-state index contributed by atoms with van der Waals surface area (Å²) in [5, 5.41) is 0. The number of carbonyl (C=O) groups is 1. The predicted octanol–water partition coefficient (Wildman–Crippen LogP) is 2.36. The van der Waals surface area contributed by atoms with Crippen molar-refractivity contribution >= 4 is 6.47 Å². The Morgan fingerprint density at radius 1 is 0.917 bits per heavy atom. The van der Waals surface area contributed by atoms with Crippen molar-refractivity contribution in [1.29, 1.82) is 0 Å². The van der Waals surface area contributed by atoms with Gasteiger partial charge in [-0.3, -0.25) is 4.79 Å². The topological polar surface area (TPSA) is 26.3 Å². The summed E-state index contributed by atoms with van der Waals surface area (Å²) in [6, 6.07) is 0. The van der Waals surface area contributed by atoms with Gasteiger partial charge < -0.3 is 4.74 Å². The Hall–Kier alpha value is -1.57. The van der Waals surface area contributed by atoms with E-state index in [-0.39, 0.29) is 0 Å². The zero-order valence-electron chi connectivity index (χ0n) is 7.01. The average molecular weight is 164 g/mol. The Morgan fingerprint density at radius 3 is 2.08 bits per heavy atom. The first kappa shape index (κ1) is 10.4. The molecule has 0 unspecified atom stereocenters. The molecular weight excluding hydrogens is 152 g/mol. The Bertz CT molecular complexity index is 210. The van der Waals surface area contributed by atoms with Gasteiger partial charge in [0.25, 0.3) is 6.47 Å². The fraction of sp³-hybridized carbons (Fsp3) is 0.100. The molecule has 0 saturated heterocycles. The molecule has 0 rings (SSSR count). The van der Waals surface area contributed by atoms with Crippen molar-refractivity contribution in [1.82, 2.24) is 0 Å². The van der Waals surface area contributed by atoms with E-state index in [4.69, 9.17) is 0 Å². The maximum absolute atomic E-state index is 9.66. The van der Waals surface area contributed by atoms with E-state index in [0.717, 1.165) is 0 Å². The molecule has 12 heavy (non-hydrogen) atoms. The maximum atomic E-state index is 9.66. The van der Waals surface area contributed by atoms with E-state index in [2.05, 4.69) is 4.74 Å². The van der Waals surface area contributed by atoms with Crippen molar-refractivity contribution in [3.63, 3.8) is 0 Å². The van der Waals surface area contributed by atoms with Crippen LogP contribution in [0.5, 0.6) is 0 Å². The van der Waals surface area contributed by atoms with Gasteiger partial charge in [-0.2, -0.15) is 0 Å². The second kappa shape index (κ2) is 9.43. The Balaban J connectivity index is 3.55. The van der Waals surface area contributed by atoms with Gasteiger partial charge in [-0.1, -0.05) is 36.5 Å². The van der Waals surface area contributed by atoms with Gasteiger partial charge in [0.2, 0.25) is 0 Å². The van der Waals surface area contributed by atoms with Crippen molar-refractivity contribution in [3.8, 4) is 0 Å². The van der Waals surface area contributed by atoms with E-state index in [9.17, 15) is 4.79 Å². The number of allylic oxidation sites excluding steroid dienone is 7. The molecule has 0 aromatic heterocycles. The molecule has 0 saturated carbocycles. The molecule has 0 aliphatic heterocycles. The molecule has 0 heterocycles. The molecule has 0 atom stereocenters. The number of rotatable bonds is 5. The van der Waals surface area contributed by atoms with Crippen LogP contribution in [-0.2, 0) is 9.53 Å². The smallest absolute Gasteiger partial charge is 0.297 e. The van der Waals surface area contributed by atoms with Gasteiger partial charge in [0, 0.05) is 0 Å². The highest BCUT2D eigenvalue weighted by Gasteiger charge is 1.64. The zero-order valence-corrected chi connectivity index (χ0v) is 7.01. The van der Waals surface area contributed by atoms with Gasteiger partial charge >= 0.3 is 0 Å². The SMILES string of the molecule is C\C=C/C=C/C=C\C=C\OC=O. The maximum Gasteiger partial charge on any atom is 0.297 e. The van der Waals surface area contributed by atoms with E-state index < -0.39 is 0 Å². The molecule has 0 spiro atoms. The summed E-state index contributed by atoms with van der Waals surface area (Å²) in [4.78, 5) is 9.66. The number of hydrogen-bond acceptors (Lipinski definition) is 2. The van der Waals surface area contributed by atoms with E-state index in [0.29, 0.717) is 6.47 Å². The minimum absolute atomic E-state index is 0.375. The fourth-order valence-electron chi connectivity index (χ4n) is 0.491. The lowest BCUT2D eigenvalue weighted by atomic mass is 10.4. The lowest BCUT2D eigenvalue weighted by molar-refractivity contribution is -0.123. The molecule has 0 aliphatic rings. The minimum Gasteiger partial charge on any atom is -0.437 e. The second-order valence-electron chi connectivity index (χ2n) is 1.86.